The van der Waals surface area contributed by atoms with Crippen molar-refractivity contribution in [2.75, 3.05) is 0 Å². The Morgan fingerprint density at radius 3 is 2.31 bits per heavy atom. The lowest BCUT2D eigenvalue weighted by atomic mass is 10.0. The standard InChI is InChI=1S/C20H23F3N2O/c1-2-5-14-8-10-15(11-9-14)12-16-13-18(20(21,22)23)25-19(24-16)26-17-6-3-4-7-17/h8-11,13,17H,2-7,12H2,1H3. The molecule has 0 unspecified atom stereocenters. The zero-order valence-electron chi connectivity index (χ0n) is 14.9. The Morgan fingerprint density at radius 1 is 1.04 bits per heavy atom. The van der Waals surface area contributed by atoms with Gasteiger partial charge in [0.2, 0.25) is 0 Å². The van der Waals surface area contributed by atoms with E-state index in [0.29, 0.717) is 12.1 Å². The molecule has 0 aliphatic heterocycles. The van der Waals surface area contributed by atoms with Crippen LogP contribution in [0.1, 0.15) is 61.5 Å². The Morgan fingerprint density at radius 2 is 1.69 bits per heavy atom. The third-order valence-electron chi connectivity index (χ3n) is 4.57. The summed E-state index contributed by atoms with van der Waals surface area (Å²) in [7, 11) is 0. The lowest BCUT2D eigenvalue weighted by Crippen LogP contribution is -2.17. The summed E-state index contributed by atoms with van der Waals surface area (Å²) in [6, 6.07) is 8.77. The van der Waals surface area contributed by atoms with E-state index >= 15 is 0 Å². The fourth-order valence-electron chi connectivity index (χ4n) is 3.24. The molecule has 0 amide bonds. The predicted molar refractivity (Wildman–Crippen MR) is 93.2 cm³/mol. The molecule has 1 aromatic heterocycles. The zero-order chi connectivity index (χ0) is 18.6. The van der Waals surface area contributed by atoms with Crippen LogP contribution in [0.4, 0.5) is 13.2 Å². The lowest BCUT2D eigenvalue weighted by molar-refractivity contribution is -0.141. The first-order chi connectivity index (χ1) is 12.4. The second-order valence-corrected chi connectivity index (χ2v) is 6.79. The molecule has 0 spiro atoms. The minimum atomic E-state index is -4.52. The number of nitrogens with zero attached hydrogens (tertiary/aromatic N) is 2. The first-order valence-electron chi connectivity index (χ1n) is 9.13. The van der Waals surface area contributed by atoms with Gasteiger partial charge in [-0.1, -0.05) is 37.6 Å². The number of benzene rings is 1. The van der Waals surface area contributed by atoms with Gasteiger partial charge in [0.15, 0.2) is 5.69 Å². The highest BCUT2D eigenvalue weighted by molar-refractivity contribution is 5.28. The number of hydrogen-bond donors (Lipinski definition) is 0. The van der Waals surface area contributed by atoms with Crippen molar-refractivity contribution in [2.24, 2.45) is 0 Å². The first-order valence-corrected chi connectivity index (χ1v) is 9.13. The van der Waals surface area contributed by atoms with Crippen LogP contribution in [-0.2, 0) is 19.0 Å². The summed E-state index contributed by atoms with van der Waals surface area (Å²) in [6.07, 6.45) is 1.51. The normalized spacial score (nSPS) is 15.4. The molecular weight excluding hydrogens is 341 g/mol. The molecule has 1 saturated carbocycles. The Kier molecular flexibility index (Phi) is 5.79. The van der Waals surface area contributed by atoms with Gasteiger partial charge in [-0.2, -0.15) is 23.1 Å². The number of halogens is 3. The highest BCUT2D eigenvalue weighted by Gasteiger charge is 2.34. The quantitative estimate of drug-likeness (QED) is 0.692. The van der Waals surface area contributed by atoms with Crippen molar-refractivity contribution in [3.05, 3.63) is 52.8 Å². The third kappa shape index (κ3) is 4.96. The summed E-state index contributed by atoms with van der Waals surface area (Å²) in [6.45, 7) is 2.11. The number of rotatable bonds is 6. The van der Waals surface area contributed by atoms with Crippen molar-refractivity contribution < 1.29 is 17.9 Å². The van der Waals surface area contributed by atoms with E-state index in [1.54, 1.807) is 0 Å². The Hall–Kier alpha value is -2.11. The second kappa shape index (κ2) is 8.06. The number of aryl methyl sites for hydroxylation is 1. The highest BCUT2D eigenvalue weighted by atomic mass is 19.4. The van der Waals surface area contributed by atoms with E-state index in [9.17, 15) is 13.2 Å². The van der Waals surface area contributed by atoms with Gasteiger partial charge in [-0.15, -0.1) is 0 Å². The molecule has 1 heterocycles. The molecule has 0 bridgehead atoms. The Bertz CT molecular complexity index is 723. The summed E-state index contributed by atoms with van der Waals surface area (Å²) in [5.74, 6) is 0. The molecule has 0 radical (unpaired) electrons. The van der Waals surface area contributed by atoms with Crippen molar-refractivity contribution in [2.45, 2.75) is 64.1 Å². The molecule has 0 saturated heterocycles. The summed E-state index contributed by atoms with van der Waals surface area (Å²) < 4.78 is 45.2. The van der Waals surface area contributed by atoms with Crippen LogP contribution in [0.5, 0.6) is 6.01 Å². The van der Waals surface area contributed by atoms with Gasteiger partial charge in [-0.05, 0) is 49.3 Å². The number of ether oxygens (including phenoxy) is 1. The third-order valence-corrected chi connectivity index (χ3v) is 4.57. The topological polar surface area (TPSA) is 35.0 Å². The van der Waals surface area contributed by atoms with Crippen molar-refractivity contribution in [1.29, 1.82) is 0 Å². The number of aromatic nitrogens is 2. The molecule has 26 heavy (non-hydrogen) atoms. The van der Waals surface area contributed by atoms with Crippen LogP contribution in [0.3, 0.4) is 0 Å². The summed E-state index contributed by atoms with van der Waals surface area (Å²) in [5.41, 5.74) is 1.52. The molecule has 1 aliphatic rings. The SMILES string of the molecule is CCCc1ccc(Cc2cc(C(F)(F)F)nc(OC3CCCC3)n2)cc1. The van der Waals surface area contributed by atoms with Crippen LogP contribution in [-0.4, -0.2) is 16.1 Å². The molecule has 140 valence electrons. The van der Waals surface area contributed by atoms with Gasteiger partial charge in [-0.3, -0.25) is 0 Å². The maximum Gasteiger partial charge on any atom is 0.433 e. The van der Waals surface area contributed by atoms with E-state index in [1.807, 2.05) is 24.3 Å². The molecule has 2 aromatic rings. The maximum atomic E-state index is 13.2. The molecule has 3 rings (SSSR count). The fraction of sp³-hybridized carbons (Fsp3) is 0.500. The molecular formula is C20H23F3N2O. The van der Waals surface area contributed by atoms with Crippen LogP contribution >= 0.6 is 0 Å². The van der Waals surface area contributed by atoms with E-state index in [1.165, 1.54) is 5.56 Å². The molecule has 1 aromatic carbocycles. The Labute approximate surface area is 151 Å². The van der Waals surface area contributed by atoms with Crippen LogP contribution in [0.15, 0.2) is 30.3 Å². The van der Waals surface area contributed by atoms with Crippen molar-refractivity contribution >= 4 is 0 Å². The van der Waals surface area contributed by atoms with Crippen molar-refractivity contribution in [3.8, 4) is 6.01 Å². The van der Waals surface area contributed by atoms with Crippen LogP contribution in [0.2, 0.25) is 0 Å². The van der Waals surface area contributed by atoms with Crippen molar-refractivity contribution in [1.82, 2.24) is 9.97 Å². The monoisotopic (exact) mass is 364 g/mol. The van der Waals surface area contributed by atoms with Crippen LogP contribution < -0.4 is 4.74 Å². The van der Waals surface area contributed by atoms with Crippen LogP contribution in [0, 0.1) is 0 Å². The van der Waals surface area contributed by atoms with Crippen molar-refractivity contribution in [3.63, 3.8) is 0 Å². The molecule has 3 nitrogen and oxygen atoms in total. The lowest BCUT2D eigenvalue weighted by Gasteiger charge is -2.14. The molecule has 6 heteroatoms. The van der Waals surface area contributed by atoms with E-state index in [-0.39, 0.29) is 12.1 Å². The average molecular weight is 364 g/mol. The van der Waals surface area contributed by atoms with E-state index < -0.39 is 11.9 Å². The van der Waals surface area contributed by atoms with Gasteiger partial charge in [0, 0.05) is 6.42 Å². The minimum absolute atomic E-state index is 0.0836. The van der Waals surface area contributed by atoms with Gasteiger partial charge < -0.3 is 4.74 Å². The molecule has 0 atom stereocenters. The van der Waals surface area contributed by atoms with Gasteiger partial charge >= 0.3 is 12.2 Å². The molecule has 0 N–H and O–H groups in total. The summed E-state index contributed by atoms with van der Waals surface area (Å²) in [5, 5.41) is 0. The van der Waals surface area contributed by atoms with E-state index in [4.69, 9.17) is 4.74 Å². The predicted octanol–water partition coefficient (Wildman–Crippen LogP) is 5.36. The smallest absolute Gasteiger partial charge is 0.433 e. The van der Waals surface area contributed by atoms with Gasteiger partial charge in [0.25, 0.3) is 0 Å². The average Bonchev–Trinajstić information content (AvgIpc) is 3.09. The number of alkyl halides is 3. The fourth-order valence-corrected chi connectivity index (χ4v) is 3.24. The first kappa shape index (κ1) is 18.7. The van der Waals surface area contributed by atoms with Gasteiger partial charge in [0.1, 0.15) is 6.10 Å². The summed E-state index contributed by atoms with van der Waals surface area (Å²) in [4.78, 5) is 7.82. The largest absolute Gasteiger partial charge is 0.460 e. The molecule has 1 fully saturated rings. The second-order valence-electron chi connectivity index (χ2n) is 6.79. The van der Waals surface area contributed by atoms with E-state index in [0.717, 1.165) is 50.2 Å². The molecule has 1 aliphatic carbocycles. The van der Waals surface area contributed by atoms with Gasteiger partial charge in [0.05, 0.1) is 5.69 Å². The highest BCUT2D eigenvalue weighted by Crippen LogP contribution is 2.30. The summed E-state index contributed by atoms with van der Waals surface area (Å²) >= 11 is 0. The maximum absolute atomic E-state index is 13.2. The number of hydrogen-bond acceptors (Lipinski definition) is 3. The minimum Gasteiger partial charge on any atom is -0.460 e. The van der Waals surface area contributed by atoms with Gasteiger partial charge in [-0.25, -0.2) is 0 Å². The Balaban J connectivity index is 1.82. The van der Waals surface area contributed by atoms with E-state index in [2.05, 4.69) is 16.9 Å². The van der Waals surface area contributed by atoms with Crippen LogP contribution in [0.25, 0.3) is 0 Å². The zero-order valence-corrected chi connectivity index (χ0v) is 14.9.